The largest absolute Gasteiger partial charge is 0.481 e. The van der Waals surface area contributed by atoms with Gasteiger partial charge < -0.3 is 43.4 Å². The summed E-state index contributed by atoms with van der Waals surface area (Å²) in [4.78, 5) is 64.8. The molecule has 3 amide bonds. The number of nitrogens with one attached hydrogen (secondary N) is 3. The van der Waals surface area contributed by atoms with Crippen molar-refractivity contribution < 1.29 is 34.2 Å². The SMILES string of the molecule is CCC(C)C(NC(=O)C(CCCN=C(N)N)NC(=O)C(N)CC(=O)O)C(=O)NC(CC(C)C)C(=O)O. The van der Waals surface area contributed by atoms with Gasteiger partial charge in [0.1, 0.15) is 18.1 Å². The molecule has 0 saturated heterocycles. The second kappa shape index (κ2) is 16.3. The lowest BCUT2D eigenvalue weighted by Crippen LogP contribution is -2.58. The van der Waals surface area contributed by atoms with Crippen LogP contribution in [0.2, 0.25) is 0 Å². The lowest BCUT2D eigenvalue weighted by Gasteiger charge is -2.28. The van der Waals surface area contributed by atoms with E-state index in [1.807, 2.05) is 13.8 Å². The summed E-state index contributed by atoms with van der Waals surface area (Å²) in [6.07, 6.45) is 0.394. The fourth-order valence-electron chi connectivity index (χ4n) is 3.24. The minimum Gasteiger partial charge on any atom is -0.481 e. The number of carbonyl (C=O) groups is 5. The van der Waals surface area contributed by atoms with Gasteiger partial charge in [-0.05, 0) is 31.1 Å². The van der Waals surface area contributed by atoms with Crippen molar-refractivity contribution in [2.45, 2.75) is 84.0 Å². The molecule has 0 aromatic heterocycles. The van der Waals surface area contributed by atoms with Gasteiger partial charge in [-0.3, -0.25) is 24.2 Å². The number of nitrogens with two attached hydrogens (primary N) is 3. The van der Waals surface area contributed by atoms with Gasteiger partial charge in [0, 0.05) is 6.54 Å². The molecule has 0 radical (unpaired) electrons. The Kier molecular flexibility index (Phi) is 14.7. The Labute approximate surface area is 210 Å². The molecule has 0 bridgehead atoms. The van der Waals surface area contributed by atoms with Gasteiger partial charge in [-0.1, -0.05) is 34.1 Å². The summed E-state index contributed by atoms with van der Waals surface area (Å²) in [5.74, 6) is -5.22. The molecule has 14 heteroatoms. The molecule has 206 valence electrons. The minimum atomic E-state index is -1.39. The molecule has 5 unspecified atom stereocenters. The van der Waals surface area contributed by atoms with Crippen molar-refractivity contribution in [1.29, 1.82) is 0 Å². The van der Waals surface area contributed by atoms with E-state index in [1.54, 1.807) is 13.8 Å². The van der Waals surface area contributed by atoms with Crippen LogP contribution in [0.25, 0.3) is 0 Å². The van der Waals surface area contributed by atoms with Gasteiger partial charge in [-0.25, -0.2) is 4.79 Å². The summed E-state index contributed by atoms with van der Waals surface area (Å²) in [5, 5.41) is 25.8. The van der Waals surface area contributed by atoms with E-state index in [0.717, 1.165) is 0 Å². The Morgan fingerprint density at radius 2 is 1.47 bits per heavy atom. The lowest BCUT2D eigenvalue weighted by atomic mass is 9.96. The Hall–Kier alpha value is -3.42. The highest BCUT2D eigenvalue weighted by Crippen LogP contribution is 2.12. The predicted molar refractivity (Wildman–Crippen MR) is 132 cm³/mol. The summed E-state index contributed by atoms with van der Waals surface area (Å²) in [6.45, 7) is 7.33. The van der Waals surface area contributed by atoms with Crippen molar-refractivity contribution in [3.63, 3.8) is 0 Å². The number of carboxylic acid groups (broad SMARTS) is 2. The topological polar surface area (TPSA) is 252 Å². The van der Waals surface area contributed by atoms with Crippen LogP contribution in [0.15, 0.2) is 4.99 Å². The first-order valence-electron chi connectivity index (χ1n) is 11.9. The normalized spacial score (nSPS) is 15.1. The number of nitrogens with zero attached hydrogens (tertiary/aromatic N) is 1. The Balaban J connectivity index is 5.68. The van der Waals surface area contributed by atoms with Gasteiger partial charge in [0.25, 0.3) is 0 Å². The molecule has 14 nitrogen and oxygen atoms in total. The van der Waals surface area contributed by atoms with Crippen LogP contribution >= 0.6 is 0 Å². The van der Waals surface area contributed by atoms with Crippen molar-refractivity contribution >= 4 is 35.6 Å². The molecule has 0 rings (SSSR count). The van der Waals surface area contributed by atoms with Crippen molar-refractivity contribution in [1.82, 2.24) is 16.0 Å². The van der Waals surface area contributed by atoms with Crippen LogP contribution in [0.5, 0.6) is 0 Å². The Morgan fingerprint density at radius 1 is 0.889 bits per heavy atom. The van der Waals surface area contributed by atoms with E-state index >= 15 is 0 Å². The van der Waals surface area contributed by atoms with Crippen LogP contribution in [0, 0.1) is 11.8 Å². The monoisotopic (exact) mass is 515 g/mol. The minimum absolute atomic E-state index is 0.00265. The summed E-state index contributed by atoms with van der Waals surface area (Å²) in [5.41, 5.74) is 16.2. The number of aliphatic carboxylic acids is 2. The fraction of sp³-hybridized carbons (Fsp3) is 0.727. The molecule has 0 fully saturated rings. The summed E-state index contributed by atoms with van der Waals surface area (Å²) >= 11 is 0. The maximum absolute atomic E-state index is 13.1. The quantitative estimate of drug-likeness (QED) is 0.0630. The van der Waals surface area contributed by atoms with Crippen LogP contribution in [0.3, 0.4) is 0 Å². The van der Waals surface area contributed by atoms with E-state index in [0.29, 0.717) is 6.42 Å². The third-order valence-electron chi connectivity index (χ3n) is 5.42. The zero-order valence-corrected chi connectivity index (χ0v) is 21.3. The second-order valence-corrected chi connectivity index (χ2v) is 9.12. The van der Waals surface area contributed by atoms with Crippen molar-refractivity contribution in [3.05, 3.63) is 0 Å². The number of aliphatic imine (C=N–C) groups is 1. The molecular formula is C22H41N7O7. The molecule has 11 N–H and O–H groups in total. The standard InChI is InChI=1S/C22H41N7O7/c1-5-12(4)17(20(34)28-15(21(35)36)9-11(2)3)29-19(33)14(7-6-8-26-22(24)25)27-18(32)13(23)10-16(30)31/h11-15,17H,5-10,23H2,1-4H3,(H,27,32)(H,28,34)(H,29,33)(H,30,31)(H,35,36)(H4,24,25,26). The molecule has 0 aliphatic rings. The average molecular weight is 516 g/mol. The van der Waals surface area contributed by atoms with Gasteiger partial charge in [0.15, 0.2) is 5.96 Å². The van der Waals surface area contributed by atoms with Crippen LogP contribution in [0.4, 0.5) is 0 Å². The van der Waals surface area contributed by atoms with Gasteiger partial charge in [0.05, 0.1) is 12.5 Å². The average Bonchev–Trinajstić information content (AvgIpc) is 2.76. The molecule has 0 aromatic carbocycles. The molecular weight excluding hydrogens is 474 g/mol. The fourth-order valence-corrected chi connectivity index (χ4v) is 3.24. The number of guanidine groups is 1. The Bertz CT molecular complexity index is 800. The highest BCUT2D eigenvalue weighted by Gasteiger charge is 2.33. The molecule has 0 saturated carbocycles. The van der Waals surface area contributed by atoms with Crippen LogP contribution in [0.1, 0.15) is 59.8 Å². The van der Waals surface area contributed by atoms with E-state index in [4.69, 9.17) is 22.3 Å². The van der Waals surface area contributed by atoms with Gasteiger partial charge >= 0.3 is 11.9 Å². The van der Waals surface area contributed by atoms with E-state index in [9.17, 15) is 29.1 Å². The zero-order chi connectivity index (χ0) is 28.0. The second-order valence-electron chi connectivity index (χ2n) is 9.12. The Morgan fingerprint density at radius 3 is 1.94 bits per heavy atom. The van der Waals surface area contributed by atoms with E-state index < -0.39 is 60.2 Å². The highest BCUT2D eigenvalue weighted by molar-refractivity contribution is 5.94. The number of hydrogen-bond acceptors (Lipinski definition) is 7. The molecule has 0 aromatic rings. The molecule has 0 aliphatic carbocycles. The maximum atomic E-state index is 13.1. The lowest BCUT2D eigenvalue weighted by molar-refractivity contribution is -0.143. The van der Waals surface area contributed by atoms with Crippen molar-refractivity contribution in [3.8, 4) is 0 Å². The summed E-state index contributed by atoms with van der Waals surface area (Å²) in [7, 11) is 0. The predicted octanol–water partition coefficient (Wildman–Crippen LogP) is -1.53. The molecule has 36 heavy (non-hydrogen) atoms. The molecule has 0 spiro atoms. The first kappa shape index (κ1) is 32.6. The number of hydrogen-bond donors (Lipinski definition) is 8. The molecule has 0 aliphatic heterocycles. The molecule has 0 heterocycles. The van der Waals surface area contributed by atoms with Crippen LogP contribution in [-0.2, 0) is 24.0 Å². The maximum Gasteiger partial charge on any atom is 0.326 e. The smallest absolute Gasteiger partial charge is 0.326 e. The third kappa shape index (κ3) is 12.9. The number of rotatable bonds is 17. The molecule has 5 atom stereocenters. The number of amides is 3. The number of carbonyl (C=O) groups excluding carboxylic acids is 3. The van der Waals surface area contributed by atoms with E-state index in [1.165, 1.54) is 0 Å². The van der Waals surface area contributed by atoms with E-state index in [-0.39, 0.29) is 43.6 Å². The summed E-state index contributed by atoms with van der Waals surface area (Å²) < 4.78 is 0. The van der Waals surface area contributed by atoms with Gasteiger partial charge in [-0.15, -0.1) is 0 Å². The first-order valence-corrected chi connectivity index (χ1v) is 11.9. The summed E-state index contributed by atoms with van der Waals surface area (Å²) in [6, 6.07) is -4.78. The van der Waals surface area contributed by atoms with Gasteiger partial charge in [0.2, 0.25) is 17.7 Å². The zero-order valence-electron chi connectivity index (χ0n) is 21.3. The van der Waals surface area contributed by atoms with Crippen molar-refractivity contribution in [2.75, 3.05) is 6.54 Å². The third-order valence-corrected chi connectivity index (χ3v) is 5.42. The van der Waals surface area contributed by atoms with Crippen LogP contribution in [-0.4, -0.2) is 76.5 Å². The van der Waals surface area contributed by atoms with Crippen LogP contribution < -0.4 is 33.2 Å². The first-order chi connectivity index (χ1) is 16.7. The van der Waals surface area contributed by atoms with Crippen molar-refractivity contribution in [2.24, 2.45) is 34.0 Å². The van der Waals surface area contributed by atoms with Gasteiger partial charge in [-0.2, -0.15) is 0 Å². The van der Waals surface area contributed by atoms with E-state index in [2.05, 4.69) is 20.9 Å². The highest BCUT2D eigenvalue weighted by atomic mass is 16.4. The number of carboxylic acids is 2.